The fourth-order valence-electron chi connectivity index (χ4n) is 4.47. The van der Waals surface area contributed by atoms with E-state index >= 15 is 4.39 Å². The lowest BCUT2D eigenvalue weighted by molar-refractivity contribution is 0.102. The molecule has 0 spiro atoms. The van der Waals surface area contributed by atoms with Gasteiger partial charge in [-0.15, -0.1) is 0 Å². The number of nitrogens with one attached hydrogen (secondary N) is 2. The topological polar surface area (TPSA) is 147 Å². The summed E-state index contributed by atoms with van der Waals surface area (Å²) < 4.78 is 36.6. The van der Waals surface area contributed by atoms with Crippen molar-refractivity contribution in [2.45, 2.75) is 32.9 Å². The van der Waals surface area contributed by atoms with Gasteiger partial charge in [-0.25, -0.2) is 23.1 Å². The van der Waals surface area contributed by atoms with Crippen LogP contribution in [0.3, 0.4) is 0 Å². The van der Waals surface area contributed by atoms with Crippen molar-refractivity contribution >= 4 is 28.4 Å². The molecule has 0 aliphatic heterocycles. The lowest BCUT2D eigenvalue weighted by Gasteiger charge is -2.23. The van der Waals surface area contributed by atoms with Crippen LogP contribution >= 0.6 is 0 Å². The van der Waals surface area contributed by atoms with Crippen LogP contribution in [0.4, 0.5) is 20.3 Å². The maximum Gasteiger partial charge on any atom is 0.335 e. The average molecular weight is 606 g/mol. The predicted octanol–water partition coefficient (Wildman–Crippen LogP) is 3.99. The number of hydrogen-bond donors (Lipinski definition) is 3. The number of carbonyl (C=O) groups is 1. The van der Waals surface area contributed by atoms with Gasteiger partial charge in [0.2, 0.25) is 0 Å². The van der Waals surface area contributed by atoms with Gasteiger partial charge in [-0.2, -0.15) is 5.10 Å². The summed E-state index contributed by atoms with van der Waals surface area (Å²) in [6.45, 7) is 5.08. The number of likely N-dealkylation sites (N-methyl/N-ethyl adjacent to an activating group) is 1. The van der Waals surface area contributed by atoms with Crippen LogP contribution in [0.25, 0.3) is 16.7 Å². The van der Waals surface area contributed by atoms with E-state index in [-0.39, 0.29) is 41.1 Å². The number of carbonyl (C=O) groups excluding carboxylic acids is 1. The van der Waals surface area contributed by atoms with E-state index in [4.69, 9.17) is 4.74 Å². The Morgan fingerprint density at radius 3 is 2.48 bits per heavy atom. The molecule has 5 aromatic rings. The lowest BCUT2D eigenvalue weighted by atomic mass is 10.2. The highest BCUT2D eigenvalue weighted by atomic mass is 19.1. The van der Waals surface area contributed by atoms with Crippen molar-refractivity contribution in [2.24, 2.45) is 0 Å². The molecule has 0 radical (unpaired) electrons. The van der Waals surface area contributed by atoms with Gasteiger partial charge >= 0.3 is 5.69 Å². The van der Waals surface area contributed by atoms with Crippen molar-refractivity contribution in [2.75, 3.05) is 23.9 Å². The number of amides is 1. The number of pyridine rings is 1. The Labute approximate surface area is 249 Å². The predicted molar refractivity (Wildman–Crippen MR) is 160 cm³/mol. The highest BCUT2D eigenvalue weighted by Crippen LogP contribution is 2.36. The molecule has 0 aliphatic rings. The van der Waals surface area contributed by atoms with E-state index in [1.165, 1.54) is 35.0 Å². The van der Waals surface area contributed by atoms with Crippen LogP contribution in [-0.2, 0) is 0 Å². The maximum atomic E-state index is 15.3. The van der Waals surface area contributed by atoms with Gasteiger partial charge in [-0.1, -0.05) is 0 Å². The van der Waals surface area contributed by atoms with Crippen molar-refractivity contribution in [3.63, 3.8) is 0 Å². The van der Waals surface area contributed by atoms with Gasteiger partial charge < -0.3 is 20.1 Å². The number of aromatic nitrogens is 5. The van der Waals surface area contributed by atoms with Crippen molar-refractivity contribution in [3.05, 3.63) is 99.0 Å². The Morgan fingerprint density at radius 2 is 1.82 bits per heavy atom. The second kappa shape index (κ2) is 12.1. The molecule has 3 heterocycles. The molecule has 0 saturated heterocycles. The molecule has 12 nitrogen and oxygen atoms in total. The molecule has 0 fully saturated rings. The van der Waals surface area contributed by atoms with E-state index in [1.54, 1.807) is 38.8 Å². The molecule has 228 valence electrons. The molecule has 5 rings (SSSR count). The lowest BCUT2D eigenvalue weighted by Crippen LogP contribution is -2.42. The van der Waals surface area contributed by atoms with Gasteiger partial charge in [0.25, 0.3) is 11.5 Å². The zero-order chi connectivity index (χ0) is 31.7. The summed E-state index contributed by atoms with van der Waals surface area (Å²) in [4.78, 5) is 45.6. The Balaban J connectivity index is 1.45. The van der Waals surface area contributed by atoms with Crippen LogP contribution in [0.2, 0.25) is 0 Å². The highest BCUT2D eigenvalue weighted by molar-refractivity contribution is 6.04. The highest BCUT2D eigenvalue weighted by Gasteiger charge is 2.22. The molecule has 2 aromatic carbocycles. The van der Waals surface area contributed by atoms with Gasteiger partial charge in [0.15, 0.2) is 23.0 Å². The monoisotopic (exact) mass is 605 g/mol. The van der Waals surface area contributed by atoms with Gasteiger partial charge in [-0.05, 0) is 57.2 Å². The normalized spacial score (nSPS) is 12.0. The summed E-state index contributed by atoms with van der Waals surface area (Å²) in [5, 5.41) is 19.6. The van der Waals surface area contributed by atoms with Crippen LogP contribution in [0, 0.1) is 11.6 Å². The number of ether oxygens (including phenoxy) is 1. The van der Waals surface area contributed by atoms with Crippen LogP contribution in [0.1, 0.15) is 37.2 Å². The minimum atomic E-state index is -0.922. The Kier molecular flexibility index (Phi) is 8.27. The summed E-state index contributed by atoms with van der Waals surface area (Å²) in [6, 6.07) is 9.29. The maximum absolute atomic E-state index is 15.3. The fraction of sp³-hybridized carbons (Fsp3) is 0.233. The second-order valence-electron chi connectivity index (χ2n) is 10.4. The van der Waals surface area contributed by atoms with Gasteiger partial charge in [0.05, 0.1) is 18.3 Å². The van der Waals surface area contributed by atoms with Crippen LogP contribution < -0.4 is 26.2 Å². The third-order valence-corrected chi connectivity index (χ3v) is 7.07. The Morgan fingerprint density at radius 1 is 1.09 bits per heavy atom. The molecule has 1 amide bonds. The van der Waals surface area contributed by atoms with E-state index in [0.717, 1.165) is 29.0 Å². The van der Waals surface area contributed by atoms with Crippen molar-refractivity contribution in [1.82, 2.24) is 24.3 Å². The third kappa shape index (κ3) is 5.66. The molecular formula is C30H29F2N7O5. The molecule has 14 heteroatoms. The number of nitrogens with zero attached hydrogens (tertiary/aromatic N) is 5. The molecule has 0 saturated carbocycles. The van der Waals surface area contributed by atoms with Crippen molar-refractivity contribution < 1.29 is 23.4 Å². The SMILES string of the molecule is CC(C)n1cc(C(=O)Nc2ccc(Oc3ccnc4[nH]nc(N(C)[C@@H](C)CO)c34)c(F)c2)c(=O)n(-c2ccc(F)cc2)c1=O. The Bertz CT molecular complexity index is 1970. The zero-order valence-corrected chi connectivity index (χ0v) is 24.2. The van der Waals surface area contributed by atoms with E-state index in [1.807, 2.05) is 0 Å². The molecule has 0 aliphatic carbocycles. The first-order valence-electron chi connectivity index (χ1n) is 13.6. The van der Waals surface area contributed by atoms with Gasteiger partial charge in [-0.3, -0.25) is 19.3 Å². The molecule has 44 heavy (non-hydrogen) atoms. The average Bonchev–Trinajstić information content (AvgIpc) is 3.43. The largest absolute Gasteiger partial charge is 0.453 e. The number of rotatable bonds is 9. The first-order valence-corrected chi connectivity index (χ1v) is 13.6. The number of aromatic amines is 1. The number of halogens is 2. The number of fused-ring (bicyclic) bond motifs is 1. The quantitative estimate of drug-likeness (QED) is 0.229. The molecule has 1 atom stereocenters. The summed E-state index contributed by atoms with van der Waals surface area (Å²) >= 11 is 0. The Hall–Kier alpha value is -5.37. The van der Waals surface area contributed by atoms with Gasteiger partial charge in [0.1, 0.15) is 22.5 Å². The summed E-state index contributed by atoms with van der Waals surface area (Å²) in [6.07, 6.45) is 2.61. The minimum Gasteiger partial charge on any atom is -0.453 e. The van der Waals surface area contributed by atoms with E-state index in [9.17, 15) is 23.9 Å². The van der Waals surface area contributed by atoms with Crippen LogP contribution in [-0.4, -0.2) is 55.0 Å². The van der Waals surface area contributed by atoms with E-state index < -0.39 is 34.8 Å². The number of aliphatic hydroxyl groups excluding tert-OH is 1. The van der Waals surface area contributed by atoms with Crippen molar-refractivity contribution in [3.8, 4) is 17.2 Å². The third-order valence-electron chi connectivity index (χ3n) is 7.07. The first kappa shape index (κ1) is 30.1. The van der Waals surface area contributed by atoms with E-state index in [2.05, 4.69) is 20.5 Å². The molecule has 0 bridgehead atoms. The molecule has 0 unspecified atom stereocenters. The number of benzene rings is 2. The smallest absolute Gasteiger partial charge is 0.335 e. The first-order chi connectivity index (χ1) is 21.0. The second-order valence-corrected chi connectivity index (χ2v) is 10.4. The fourth-order valence-corrected chi connectivity index (χ4v) is 4.47. The van der Waals surface area contributed by atoms with Gasteiger partial charge in [0, 0.05) is 43.3 Å². The summed E-state index contributed by atoms with van der Waals surface area (Å²) in [5.74, 6) is -1.71. The number of hydrogen-bond acceptors (Lipinski definition) is 8. The number of aliphatic hydroxyl groups is 1. The van der Waals surface area contributed by atoms with Crippen LogP contribution in [0.5, 0.6) is 11.5 Å². The summed E-state index contributed by atoms with van der Waals surface area (Å²) in [5.41, 5.74) is -1.50. The molecule has 3 N–H and O–H groups in total. The van der Waals surface area contributed by atoms with Crippen molar-refractivity contribution in [1.29, 1.82) is 0 Å². The number of H-pyrrole nitrogens is 1. The standard InChI is InChI=1S/C30H29F2N7O5/c1-16(2)38-14-21(29(42)39(30(38)43)20-8-5-18(31)6-9-20)28(41)34-19-7-10-23(22(32)13-19)44-24-11-12-33-26-25(24)27(36-35-26)37(4)17(3)15-40/h5-14,16-17,40H,15H2,1-4H3,(H,34,41)(H,33,35,36)/t17-/m0/s1. The van der Waals surface area contributed by atoms with Crippen LogP contribution in [0.15, 0.2) is 70.5 Å². The number of anilines is 2. The summed E-state index contributed by atoms with van der Waals surface area (Å²) in [7, 11) is 1.74. The molecular weight excluding hydrogens is 576 g/mol. The minimum absolute atomic E-state index is 0.0234. The van der Waals surface area contributed by atoms with E-state index in [0.29, 0.717) is 16.9 Å². The molecule has 3 aromatic heterocycles. The zero-order valence-electron chi connectivity index (χ0n) is 24.2.